The summed E-state index contributed by atoms with van der Waals surface area (Å²) in [5.74, 6) is -0.290. The molecule has 0 bridgehead atoms. The Kier molecular flexibility index (Phi) is 3.63. The number of nitrogens with one attached hydrogen (secondary N) is 1. The monoisotopic (exact) mass is 217 g/mol. The Morgan fingerprint density at radius 1 is 1.50 bits per heavy atom. The van der Waals surface area contributed by atoms with Gasteiger partial charge in [-0.15, -0.1) is 0 Å². The smallest absolute Gasteiger partial charge is 0.337 e. The average Bonchev–Trinajstić information content (AvgIpc) is 2.70. The van der Waals surface area contributed by atoms with Crippen molar-refractivity contribution < 1.29 is 18.4 Å². The van der Waals surface area contributed by atoms with Gasteiger partial charge < -0.3 is 14.0 Å². The maximum atomic E-state index is 11.6. The number of Topliss-reactive ketones (excluding diaryl/α,β-unsaturated/α-hetero) is 1. The summed E-state index contributed by atoms with van der Waals surface area (Å²) in [6.07, 6.45) is 1.37. The van der Waals surface area contributed by atoms with E-state index in [1.54, 1.807) is 18.3 Å². The van der Waals surface area contributed by atoms with Gasteiger partial charge in [0.05, 0.1) is 5.69 Å². The van der Waals surface area contributed by atoms with Crippen LogP contribution >= 0.6 is 7.60 Å². The maximum absolute atomic E-state index is 11.6. The maximum Gasteiger partial charge on any atom is 0.337 e. The molecule has 0 spiro atoms. The fourth-order valence-electron chi connectivity index (χ4n) is 0.968. The standard InChI is InChI=1S/C8H12NO4P/c1-12-14(11,13-2)6-8(10)7-4-3-5-9-7/h3-5,9H,6H2,1-2H3. The minimum Gasteiger partial charge on any atom is -0.359 e. The highest BCUT2D eigenvalue weighted by molar-refractivity contribution is 7.54. The van der Waals surface area contributed by atoms with Crippen molar-refractivity contribution >= 4 is 13.4 Å². The Labute approximate surface area is 82.0 Å². The molecule has 1 rings (SSSR count). The van der Waals surface area contributed by atoms with Gasteiger partial charge in [0.15, 0.2) is 5.78 Å². The third-order valence-corrected chi connectivity index (χ3v) is 3.58. The summed E-state index contributed by atoms with van der Waals surface area (Å²) in [6, 6.07) is 3.30. The highest BCUT2D eigenvalue weighted by Crippen LogP contribution is 2.46. The molecule has 1 aromatic heterocycles. The summed E-state index contributed by atoms with van der Waals surface area (Å²) < 4.78 is 20.9. The number of hydrogen-bond donors (Lipinski definition) is 1. The number of carbonyl (C=O) groups excluding carboxylic acids is 1. The molecule has 0 radical (unpaired) electrons. The summed E-state index contributed by atoms with van der Waals surface area (Å²) in [5, 5.41) is 0. The second kappa shape index (κ2) is 4.55. The molecule has 0 amide bonds. The van der Waals surface area contributed by atoms with E-state index in [0.717, 1.165) is 0 Å². The molecule has 78 valence electrons. The molecular formula is C8H12NO4P. The van der Waals surface area contributed by atoms with Crippen LogP contribution in [0.1, 0.15) is 10.5 Å². The molecule has 0 aliphatic carbocycles. The molecule has 0 aliphatic rings. The lowest BCUT2D eigenvalue weighted by atomic mass is 10.3. The molecule has 0 unspecified atom stereocenters. The number of H-pyrrole nitrogens is 1. The third kappa shape index (κ3) is 2.54. The van der Waals surface area contributed by atoms with Crippen LogP contribution in [0.4, 0.5) is 0 Å². The SMILES string of the molecule is COP(=O)(CC(=O)c1ccc[nH]1)OC. The summed E-state index contributed by atoms with van der Waals surface area (Å²) in [4.78, 5) is 14.2. The quantitative estimate of drug-likeness (QED) is 0.601. The molecule has 0 saturated heterocycles. The lowest BCUT2D eigenvalue weighted by molar-refractivity contribution is 0.100. The van der Waals surface area contributed by atoms with E-state index in [1.165, 1.54) is 14.2 Å². The summed E-state index contributed by atoms with van der Waals surface area (Å²) >= 11 is 0. The van der Waals surface area contributed by atoms with Crippen LogP contribution in [0, 0.1) is 0 Å². The van der Waals surface area contributed by atoms with E-state index in [0.29, 0.717) is 5.69 Å². The number of hydrogen-bond acceptors (Lipinski definition) is 4. The molecule has 0 fully saturated rings. The van der Waals surface area contributed by atoms with Gasteiger partial charge >= 0.3 is 7.60 Å². The number of carbonyl (C=O) groups is 1. The Bertz CT molecular complexity index is 338. The molecule has 1 heterocycles. The van der Waals surface area contributed by atoms with E-state index in [1.807, 2.05) is 0 Å². The van der Waals surface area contributed by atoms with Gasteiger partial charge in [0.2, 0.25) is 0 Å². The highest BCUT2D eigenvalue weighted by Gasteiger charge is 2.26. The van der Waals surface area contributed by atoms with Gasteiger partial charge in [-0.1, -0.05) is 0 Å². The lowest BCUT2D eigenvalue weighted by Gasteiger charge is -2.11. The lowest BCUT2D eigenvalue weighted by Crippen LogP contribution is -2.08. The Hall–Kier alpha value is -0.900. The molecule has 6 heteroatoms. The first-order valence-electron chi connectivity index (χ1n) is 3.98. The van der Waals surface area contributed by atoms with Gasteiger partial charge in [-0.25, -0.2) is 0 Å². The normalized spacial score (nSPS) is 11.6. The van der Waals surface area contributed by atoms with E-state index in [2.05, 4.69) is 14.0 Å². The van der Waals surface area contributed by atoms with Crippen LogP contribution in [-0.4, -0.2) is 31.1 Å². The second-order valence-corrected chi connectivity index (χ2v) is 4.91. The predicted octanol–water partition coefficient (Wildman–Crippen LogP) is 1.68. The van der Waals surface area contributed by atoms with Crippen molar-refractivity contribution in [2.75, 3.05) is 20.4 Å². The molecule has 0 aliphatic heterocycles. The van der Waals surface area contributed by atoms with Gasteiger partial charge in [0.25, 0.3) is 0 Å². The minimum atomic E-state index is -3.25. The van der Waals surface area contributed by atoms with Crippen molar-refractivity contribution in [3.63, 3.8) is 0 Å². The molecular weight excluding hydrogens is 205 g/mol. The van der Waals surface area contributed by atoms with Gasteiger partial charge in [-0.05, 0) is 12.1 Å². The highest BCUT2D eigenvalue weighted by atomic mass is 31.2. The van der Waals surface area contributed by atoms with Crippen molar-refractivity contribution in [1.29, 1.82) is 0 Å². The van der Waals surface area contributed by atoms with E-state index in [9.17, 15) is 9.36 Å². The molecule has 14 heavy (non-hydrogen) atoms. The number of rotatable bonds is 5. The zero-order valence-electron chi connectivity index (χ0n) is 8.02. The minimum absolute atomic E-state index is 0.249. The van der Waals surface area contributed by atoms with Crippen LogP contribution in [-0.2, 0) is 13.6 Å². The van der Waals surface area contributed by atoms with Gasteiger partial charge in [-0.2, -0.15) is 0 Å². The van der Waals surface area contributed by atoms with Crippen molar-refractivity contribution in [3.8, 4) is 0 Å². The van der Waals surface area contributed by atoms with Crippen molar-refractivity contribution in [2.24, 2.45) is 0 Å². The summed E-state index contributed by atoms with van der Waals surface area (Å²) in [6.45, 7) is 0. The number of aromatic nitrogens is 1. The zero-order valence-corrected chi connectivity index (χ0v) is 8.91. The number of aromatic amines is 1. The first kappa shape index (κ1) is 11.2. The van der Waals surface area contributed by atoms with Crippen molar-refractivity contribution in [2.45, 2.75) is 0 Å². The Balaban J connectivity index is 2.70. The topological polar surface area (TPSA) is 68.4 Å². The van der Waals surface area contributed by atoms with Crippen LogP contribution in [0.15, 0.2) is 18.3 Å². The first-order valence-corrected chi connectivity index (χ1v) is 5.71. The molecule has 0 aromatic carbocycles. The summed E-state index contributed by atoms with van der Waals surface area (Å²) in [5.41, 5.74) is 0.402. The van der Waals surface area contributed by atoms with Gasteiger partial charge in [0.1, 0.15) is 6.16 Å². The molecule has 1 aromatic rings. The second-order valence-electron chi connectivity index (χ2n) is 2.64. The predicted molar refractivity (Wildman–Crippen MR) is 51.6 cm³/mol. The van der Waals surface area contributed by atoms with Crippen molar-refractivity contribution in [1.82, 2.24) is 4.98 Å². The van der Waals surface area contributed by atoms with Crippen LogP contribution in [0.3, 0.4) is 0 Å². The molecule has 0 saturated carbocycles. The fraction of sp³-hybridized carbons (Fsp3) is 0.375. The van der Waals surface area contributed by atoms with E-state index in [-0.39, 0.29) is 11.9 Å². The van der Waals surface area contributed by atoms with Crippen LogP contribution in [0.25, 0.3) is 0 Å². The van der Waals surface area contributed by atoms with E-state index < -0.39 is 7.60 Å². The molecule has 5 nitrogen and oxygen atoms in total. The Morgan fingerprint density at radius 3 is 2.57 bits per heavy atom. The largest absolute Gasteiger partial charge is 0.359 e. The average molecular weight is 217 g/mol. The third-order valence-electron chi connectivity index (χ3n) is 1.79. The number of ketones is 1. The van der Waals surface area contributed by atoms with Gasteiger partial charge in [0, 0.05) is 20.4 Å². The molecule has 1 N–H and O–H groups in total. The van der Waals surface area contributed by atoms with Crippen LogP contribution in [0.5, 0.6) is 0 Å². The van der Waals surface area contributed by atoms with Gasteiger partial charge in [-0.3, -0.25) is 9.36 Å². The molecule has 0 atom stereocenters. The summed E-state index contributed by atoms with van der Waals surface area (Å²) in [7, 11) is -0.735. The zero-order chi connectivity index (χ0) is 10.6. The van der Waals surface area contributed by atoms with E-state index in [4.69, 9.17) is 0 Å². The van der Waals surface area contributed by atoms with Crippen LogP contribution in [0.2, 0.25) is 0 Å². The van der Waals surface area contributed by atoms with E-state index >= 15 is 0 Å². The van der Waals surface area contributed by atoms with Crippen molar-refractivity contribution in [3.05, 3.63) is 24.0 Å². The van der Waals surface area contributed by atoms with Crippen LogP contribution < -0.4 is 0 Å². The Morgan fingerprint density at radius 2 is 2.14 bits per heavy atom. The fourth-order valence-corrected chi connectivity index (χ4v) is 1.90. The first-order chi connectivity index (χ1) is 6.61.